The SMILES string of the molecule is COc1ccc(S(=O)(=O)Nc2cc(N3CCOCC3)ccc2C)cc1. The Morgan fingerprint density at radius 3 is 2.40 bits per heavy atom. The summed E-state index contributed by atoms with van der Waals surface area (Å²) in [7, 11) is -2.11. The maximum Gasteiger partial charge on any atom is 0.261 e. The van der Waals surface area contributed by atoms with Gasteiger partial charge in [-0.05, 0) is 48.9 Å². The van der Waals surface area contributed by atoms with Crippen LogP contribution in [0.5, 0.6) is 5.75 Å². The monoisotopic (exact) mass is 362 g/mol. The number of anilines is 2. The zero-order valence-electron chi connectivity index (χ0n) is 14.4. The molecule has 0 atom stereocenters. The number of hydrogen-bond acceptors (Lipinski definition) is 5. The van der Waals surface area contributed by atoms with Crippen LogP contribution in [0, 0.1) is 6.92 Å². The average molecular weight is 362 g/mol. The van der Waals surface area contributed by atoms with Crippen LogP contribution in [0.2, 0.25) is 0 Å². The van der Waals surface area contributed by atoms with Crippen molar-refractivity contribution in [3.05, 3.63) is 48.0 Å². The van der Waals surface area contributed by atoms with Gasteiger partial charge < -0.3 is 14.4 Å². The fourth-order valence-electron chi connectivity index (χ4n) is 2.70. The van der Waals surface area contributed by atoms with E-state index >= 15 is 0 Å². The summed E-state index contributed by atoms with van der Waals surface area (Å²) in [5.74, 6) is 0.615. The third-order valence-corrected chi connectivity index (χ3v) is 5.59. The topological polar surface area (TPSA) is 67.9 Å². The molecule has 1 fully saturated rings. The minimum atomic E-state index is -3.66. The second-order valence-electron chi connectivity index (χ2n) is 5.88. The predicted molar refractivity (Wildman–Crippen MR) is 98.0 cm³/mol. The Morgan fingerprint density at radius 1 is 1.08 bits per heavy atom. The standard InChI is InChI=1S/C18H22N2O4S/c1-14-3-4-15(20-9-11-24-12-10-20)13-18(14)19-25(21,22)17-7-5-16(23-2)6-8-17/h3-8,13,19H,9-12H2,1-2H3. The van der Waals surface area contributed by atoms with Crippen LogP contribution in [0.4, 0.5) is 11.4 Å². The number of rotatable bonds is 5. The van der Waals surface area contributed by atoms with E-state index in [-0.39, 0.29) is 4.90 Å². The number of nitrogens with one attached hydrogen (secondary N) is 1. The molecule has 1 heterocycles. The maximum absolute atomic E-state index is 12.7. The Labute approximate surface area is 148 Å². The zero-order valence-corrected chi connectivity index (χ0v) is 15.2. The lowest BCUT2D eigenvalue weighted by atomic mass is 10.1. The second-order valence-corrected chi connectivity index (χ2v) is 7.56. The number of hydrogen-bond donors (Lipinski definition) is 1. The summed E-state index contributed by atoms with van der Waals surface area (Å²) < 4.78 is 38.4. The molecule has 6 nitrogen and oxygen atoms in total. The number of morpholine rings is 1. The van der Waals surface area contributed by atoms with Crippen molar-refractivity contribution < 1.29 is 17.9 Å². The van der Waals surface area contributed by atoms with Crippen molar-refractivity contribution in [1.29, 1.82) is 0 Å². The first-order chi connectivity index (χ1) is 12.0. The molecule has 1 aliphatic heterocycles. The lowest BCUT2D eigenvalue weighted by Crippen LogP contribution is -2.36. The minimum absolute atomic E-state index is 0.199. The van der Waals surface area contributed by atoms with Crippen LogP contribution in [0.25, 0.3) is 0 Å². The molecule has 3 rings (SSSR count). The summed E-state index contributed by atoms with van der Waals surface area (Å²) in [5, 5.41) is 0. The highest BCUT2D eigenvalue weighted by Gasteiger charge is 2.17. The first-order valence-electron chi connectivity index (χ1n) is 8.10. The van der Waals surface area contributed by atoms with Crippen LogP contribution in [-0.2, 0) is 14.8 Å². The van der Waals surface area contributed by atoms with E-state index in [4.69, 9.17) is 9.47 Å². The molecule has 2 aromatic rings. The van der Waals surface area contributed by atoms with Gasteiger partial charge in [0.05, 0.1) is 30.9 Å². The molecule has 0 aromatic heterocycles. The highest BCUT2D eigenvalue weighted by Crippen LogP contribution is 2.26. The highest BCUT2D eigenvalue weighted by atomic mass is 32.2. The number of benzene rings is 2. The molecular weight excluding hydrogens is 340 g/mol. The maximum atomic E-state index is 12.7. The Bertz CT molecular complexity index is 829. The summed E-state index contributed by atoms with van der Waals surface area (Å²) in [6, 6.07) is 12.1. The van der Waals surface area contributed by atoms with Crippen LogP contribution < -0.4 is 14.4 Å². The quantitative estimate of drug-likeness (QED) is 0.886. The fraction of sp³-hybridized carbons (Fsp3) is 0.333. The Kier molecular flexibility index (Phi) is 5.15. The minimum Gasteiger partial charge on any atom is -0.497 e. The summed E-state index contributed by atoms with van der Waals surface area (Å²) in [6.45, 7) is 4.85. The van der Waals surface area contributed by atoms with E-state index in [1.807, 2.05) is 25.1 Å². The Morgan fingerprint density at radius 2 is 1.76 bits per heavy atom. The fourth-order valence-corrected chi connectivity index (χ4v) is 3.82. The smallest absolute Gasteiger partial charge is 0.261 e. The van der Waals surface area contributed by atoms with Gasteiger partial charge in [-0.15, -0.1) is 0 Å². The van der Waals surface area contributed by atoms with Crippen molar-refractivity contribution >= 4 is 21.4 Å². The first kappa shape index (κ1) is 17.6. The van der Waals surface area contributed by atoms with E-state index in [9.17, 15) is 8.42 Å². The molecule has 1 saturated heterocycles. The third-order valence-electron chi connectivity index (χ3n) is 4.21. The van der Waals surface area contributed by atoms with Crippen LogP contribution in [0.15, 0.2) is 47.4 Å². The van der Waals surface area contributed by atoms with Crippen molar-refractivity contribution in [3.63, 3.8) is 0 Å². The van der Waals surface area contributed by atoms with Crippen LogP contribution in [-0.4, -0.2) is 41.8 Å². The van der Waals surface area contributed by atoms with Crippen molar-refractivity contribution in [2.45, 2.75) is 11.8 Å². The van der Waals surface area contributed by atoms with Crippen LogP contribution >= 0.6 is 0 Å². The van der Waals surface area contributed by atoms with E-state index in [1.54, 1.807) is 19.2 Å². The second kappa shape index (κ2) is 7.33. The summed E-state index contributed by atoms with van der Waals surface area (Å²) in [4.78, 5) is 2.39. The average Bonchev–Trinajstić information content (AvgIpc) is 2.64. The Balaban J connectivity index is 1.85. The van der Waals surface area contributed by atoms with E-state index < -0.39 is 10.0 Å². The largest absolute Gasteiger partial charge is 0.497 e. The third kappa shape index (κ3) is 4.05. The van der Waals surface area contributed by atoms with Crippen LogP contribution in [0.3, 0.4) is 0 Å². The van der Waals surface area contributed by atoms with Gasteiger partial charge in [-0.1, -0.05) is 6.07 Å². The number of aryl methyl sites for hydroxylation is 1. The predicted octanol–water partition coefficient (Wildman–Crippen LogP) is 2.64. The zero-order chi connectivity index (χ0) is 17.9. The number of methoxy groups -OCH3 is 1. The van der Waals surface area contributed by atoms with Gasteiger partial charge in [0.1, 0.15) is 5.75 Å². The van der Waals surface area contributed by atoms with Gasteiger partial charge in [0.15, 0.2) is 0 Å². The van der Waals surface area contributed by atoms with Crippen molar-refractivity contribution in [3.8, 4) is 5.75 Å². The normalized spacial score (nSPS) is 15.0. The van der Waals surface area contributed by atoms with Gasteiger partial charge in [0, 0.05) is 18.8 Å². The molecule has 0 spiro atoms. The summed E-state index contributed by atoms with van der Waals surface area (Å²) in [6.07, 6.45) is 0. The van der Waals surface area contributed by atoms with Crippen molar-refractivity contribution in [1.82, 2.24) is 0 Å². The van der Waals surface area contributed by atoms with Gasteiger partial charge in [-0.2, -0.15) is 0 Å². The van der Waals surface area contributed by atoms with Crippen molar-refractivity contribution in [2.75, 3.05) is 43.0 Å². The molecule has 0 amide bonds. The molecular formula is C18H22N2O4S. The van der Waals surface area contributed by atoms with Gasteiger partial charge in [-0.3, -0.25) is 4.72 Å². The molecule has 7 heteroatoms. The molecule has 134 valence electrons. The van der Waals surface area contributed by atoms with Crippen LogP contribution in [0.1, 0.15) is 5.56 Å². The molecule has 0 saturated carbocycles. The van der Waals surface area contributed by atoms with Crippen molar-refractivity contribution in [2.24, 2.45) is 0 Å². The molecule has 2 aromatic carbocycles. The Hall–Kier alpha value is -2.25. The van der Waals surface area contributed by atoms with E-state index in [2.05, 4.69) is 9.62 Å². The molecule has 1 aliphatic rings. The molecule has 1 N–H and O–H groups in total. The molecule has 0 bridgehead atoms. The molecule has 0 unspecified atom stereocenters. The molecule has 25 heavy (non-hydrogen) atoms. The first-order valence-corrected chi connectivity index (χ1v) is 9.58. The van der Waals surface area contributed by atoms with Gasteiger partial charge in [-0.25, -0.2) is 8.42 Å². The van der Waals surface area contributed by atoms with E-state index in [0.29, 0.717) is 24.7 Å². The van der Waals surface area contributed by atoms with Gasteiger partial charge in [0.25, 0.3) is 10.0 Å². The summed E-state index contributed by atoms with van der Waals surface area (Å²) in [5.41, 5.74) is 2.44. The number of ether oxygens (including phenoxy) is 2. The van der Waals surface area contributed by atoms with E-state index in [0.717, 1.165) is 24.3 Å². The molecule has 0 aliphatic carbocycles. The lowest BCUT2D eigenvalue weighted by Gasteiger charge is -2.29. The van der Waals surface area contributed by atoms with E-state index in [1.165, 1.54) is 12.1 Å². The molecule has 0 radical (unpaired) electrons. The summed E-state index contributed by atoms with van der Waals surface area (Å²) >= 11 is 0. The number of nitrogens with zero attached hydrogens (tertiary/aromatic N) is 1. The van der Waals surface area contributed by atoms with Gasteiger partial charge >= 0.3 is 0 Å². The lowest BCUT2D eigenvalue weighted by molar-refractivity contribution is 0.122. The number of sulfonamides is 1. The van der Waals surface area contributed by atoms with Gasteiger partial charge in [0.2, 0.25) is 0 Å². The highest BCUT2D eigenvalue weighted by molar-refractivity contribution is 7.92.